The second kappa shape index (κ2) is 8.03. The average Bonchev–Trinajstić information content (AvgIpc) is 2.66. The van der Waals surface area contributed by atoms with Gasteiger partial charge in [0.25, 0.3) is 5.91 Å². The number of halogens is 3. The molecule has 138 valence electrons. The van der Waals surface area contributed by atoms with Crippen LogP contribution in [0.5, 0.6) is 0 Å². The first-order chi connectivity index (χ1) is 12.4. The maximum Gasteiger partial charge on any atom is 0.416 e. The zero-order valence-electron chi connectivity index (χ0n) is 14.1. The van der Waals surface area contributed by atoms with Crippen molar-refractivity contribution in [3.8, 4) is 0 Å². The minimum atomic E-state index is -4.40. The lowest BCUT2D eigenvalue weighted by molar-refractivity contribution is -0.137. The van der Waals surface area contributed by atoms with Gasteiger partial charge in [-0.3, -0.25) is 4.79 Å². The van der Waals surface area contributed by atoms with Gasteiger partial charge in [0.05, 0.1) is 5.56 Å². The smallest absolute Gasteiger partial charge is 0.370 e. The molecule has 0 spiro atoms. The monoisotopic (exact) mass is 380 g/mol. The Kier molecular flexibility index (Phi) is 5.76. The normalized spacial score (nSPS) is 15.0. The first kappa shape index (κ1) is 18.6. The van der Waals surface area contributed by atoms with Crippen molar-refractivity contribution in [2.45, 2.75) is 12.7 Å². The Morgan fingerprint density at radius 1 is 1.00 bits per heavy atom. The molecule has 0 bridgehead atoms. The van der Waals surface area contributed by atoms with E-state index in [2.05, 4.69) is 10.2 Å². The van der Waals surface area contributed by atoms with Gasteiger partial charge in [-0.15, -0.1) is 0 Å². The highest BCUT2D eigenvalue weighted by molar-refractivity contribution is 7.99. The van der Waals surface area contributed by atoms with Crippen molar-refractivity contribution in [2.24, 2.45) is 0 Å². The number of benzene rings is 2. The third-order valence-electron chi connectivity index (χ3n) is 4.24. The molecule has 1 aliphatic rings. The van der Waals surface area contributed by atoms with E-state index >= 15 is 0 Å². The summed E-state index contributed by atoms with van der Waals surface area (Å²) >= 11 is 1.96. The van der Waals surface area contributed by atoms with E-state index in [1.54, 1.807) is 0 Å². The largest absolute Gasteiger partial charge is 0.416 e. The Morgan fingerprint density at radius 2 is 1.62 bits per heavy atom. The summed E-state index contributed by atoms with van der Waals surface area (Å²) in [5.74, 6) is 1.87. The lowest BCUT2D eigenvalue weighted by Crippen LogP contribution is -2.32. The molecule has 1 saturated heterocycles. The highest BCUT2D eigenvalue weighted by Gasteiger charge is 2.30. The van der Waals surface area contributed by atoms with Crippen molar-refractivity contribution in [1.82, 2.24) is 5.32 Å². The van der Waals surface area contributed by atoms with Crippen LogP contribution in [0.2, 0.25) is 0 Å². The predicted octanol–water partition coefficient (Wildman–Crippen LogP) is 4.19. The molecule has 0 aliphatic carbocycles. The summed E-state index contributed by atoms with van der Waals surface area (Å²) < 4.78 is 37.7. The number of rotatable bonds is 4. The highest BCUT2D eigenvalue weighted by atomic mass is 32.2. The number of alkyl halides is 3. The predicted molar refractivity (Wildman–Crippen MR) is 98.6 cm³/mol. The summed E-state index contributed by atoms with van der Waals surface area (Å²) in [7, 11) is 0. The van der Waals surface area contributed by atoms with Crippen LogP contribution >= 0.6 is 11.8 Å². The molecule has 1 heterocycles. The van der Waals surface area contributed by atoms with E-state index in [-0.39, 0.29) is 5.56 Å². The zero-order valence-corrected chi connectivity index (χ0v) is 14.9. The third-order valence-corrected chi connectivity index (χ3v) is 5.18. The minimum absolute atomic E-state index is 0.209. The van der Waals surface area contributed by atoms with Crippen molar-refractivity contribution in [3.05, 3.63) is 65.2 Å². The molecule has 1 fully saturated rings. The fourth-order valence-corrected chi connectivity index (χ4v) is 3.64. The summed E-state index contributed by atoms with van der Waals surface area (Å²) in [5, 5.41) is 2.74. The number of carbonyl (C=O) groups is 1. The first-order valence-electron chi connectivity index (χ1n) is 8.30. The van der Waals surface area contributed by atoms with Crippen LogP contribution in [0.25, 0.3) is 0 Å². The lowest BCUT2D eigenvalue weighted by atomic mass is 10.1. The van der Waals surface area contributed by atoms with Gasteiger partial charge >= 0.3 is 6.18 Å². The van der Waals surface area contributed by atoms with Crippen molar-refractivity contribution >= 4 is 23.4 Å². The Bertz CT molecular complexity index is 739. The van der Waals surface area contributed by atoms with Gasteiger partial charge in [-0.25, -0.2) is 0 Å². The van der Waals surface area contributed by atoms with Crippen LogP contribution in [-0.2, 0) is 12.7 Å². The summed E-state index contributed by atoms with van der Waals surface area (Å²) in [6.45, 7) is 2.40. The van der Waals surface area contributed by atoms with Gasteiger partial charge < -0.3 is 10.2 Å². The molecular formula is C19H19F3N2OS. The highest BCUT2D eigenvalue weighted by Crippen LogP contribution is 2.29. The molecule has 0 aromatic heterocycles. The molecule has 0 saturated carbocycles. The average molecular weight is 380 g/mol. The standard InChI is InChI=1S/C19H19F3N2OS/c20-19(21,22)16-5-3-15(4-6-16)18(25)23-13-14-1-7-17(8-2-14)24-9-11-26-12-10-24/h1-8H,9-13H2,(H,23,25). The molecule has 1 amide bonds. The molecule has 3 nitrogen and oxygen atoms in total. The Labute approximate surface area is 154 Å². The quantitative estimate of drug-likeness (QED) is 0.863. The Morgan fingerprint density at radius 3 is 2.19 bits per heavy atom. The fraction of sp³-hybridized carbons (Fsp3) is 0.316. The molecule has 0 radical (unpaired) electrons. The number of anilines is 1. The second-order valence-electron chi connectivity index (χ2n) is 6.02. The molecule has 2 aromatic rings. The van der Waals surface area contributed by atoms with E-state index < -0.39 is 17.6 Å². The number of hydrogen-bond acceptors (Lipinski definition) is 3. The summed E-state index contributed by atoms with van der Waals surface area (Å²) in [6.07, 6.45) is -4.40. The van der Waals surface area contributed by atoms with Gasteiger partial charge in [0.2, 0.25) is 0 Å². The SMILES string of the molecule is O=C(NCc1ccc(N2CCSCC2)cc1)c1ccc(C(F)(F)F)cc1. The van der Waals surface area contributed by atoms with E-state index in [4.69, 9.17) is 0 Å². The third kappa shape index (κ3) is 4.72. The number of carbonyl (C=O) groups excluding carboxylic acids is 1. The molecule has 1 N–H and O–H groups in total. The molecule has 0 atom stereocenters. The van der Waals surface area contributed by atoms with Crippen LogP contribution in [0.1, 0.15) is 21.5 Å². The minimum Gasteiger partial charge on any atom is -0.370 e. The number of nitrogens with one attached hydrogen (secondary N) is 1. The van der Waals surface area contributed by atoms with Crippen LogP contribution < -0.4 is 10.2 Å². The first-order valence-corrected chi connectivity index (χ1v) is 9.46. The van der Waals surface area contributed by atoms with Crippen molar-refractivity contribution in [3.63, 3.8) is 0 Å². The van der Waals surface area contributed by atoms with Crippen molar-refractivity contribution in [1.29, 1.82) is 0 Å². The molecule has 1 aliphatic heterocycles. The zero-order chi connectivity index (χ0) is 18.6. The van der Waals surface area contributed by atoms with Crippen LogP contribution in [0, 0.1) is 0 Å². The van der Waals surface area contributed by atoms with Crippen molar-refractivity contribution < 1.29 is 18.0 Å². The number of hydrogen-bond donors (Lipinski definition) is 1. The molecule has 26 heavy (non-hydrogen) atoms. The van der Waals surface area contributed by atoms with Gasteiger partial charge in [0, 0.05) is 42.4 Å². The van der Waals surface area contributed by atoms with Gasteiger partial charge in [0.1, 0.15) is 0 Å². The Balaban J connectivity index is 1.55. The molecule has 7 heteroatoms. The van der Waals surface area contributed by atoms with E-state index in [0.29, 0.717) is 6.54 Å². The van der Waals surface area contributed by atoms with E-state index in [1.165, 1.54) is 17.8 Å². The fourth-order valence-electron chi connectivity index (χ4n) is 2.74. The molecule has 0 unspecified atom stereocenters. The van der Waals surface area contributed by atoms with Crippen LogP contribution in [-0.4, -0.2) is 30.5 Å². The van der Waals surface area contributed by atoms with Gasteiger partial charge in [-0.05, 0) is 42.0 Å². The maximum atomic E-state index is 12.6. The molecule has 3 rings (SSSR count). The van der Waals surface area contributed by atoms with Gasteiger partial charge in [-0.1, -0.05) is 12.1 Å². The van der Waals surface area contributed by atoms with E-state index in [0.717, 1.165) is 42.3 Å². The molecular weight excluding hydrogens is 361 g/mol. The maximum absolute atomic E-state index is 12.6. The summed E-state index contributed by atoms with van der Waals surface area (Å²) in [4.78, 5) is 14.4. The Hall–Kier alpha value is -2.15. The summed E-state index contributed by atoms with van der Waals surface area (Å²) in [5.41, 5.74) is 1.56. The van der Waals surface area contributed by atoms with Crippen LogP contribution in [0.4, 0.5) is 18.9 Å². The summed E-state index contributed by atoms with van der Waals surface area (Å²) in [6, 6.07) is 12.2. The number of nitrogens with zero attached hydrogens (tertiary/aromatic N) is 1. The van der Waals surface area contributed by atoms with Crippen LogP contribution in [0.3, 0.4) is 0 Å². The lowest BCUT2D eigenvalue weighted by Gasteiger charge is -2.28. The second-order valence-corrected chi connectivity index (χ2v) is 7.25. The number of amides is 1. The van der Waals surface area contributed by atoms with Gasteiger partial charge in [0.15, 0.2) is 0 Å². The van der Waals surface area contributed by atoms with Crippen molar-refractivity contribution in [2.75, 3.05) is 29.5 Å². The number of thioether (sulfide) groups is 1. The topological polar surface area (TPSA) is 32.3 Å². The van der Waals surface area contributed by atoms with Crippen LogP contribution in [0.15, 0.2) is 48.5 Å². The van der Waals surface area contributed by atoms with E-state index in [9.17, 15) is 18.0 Å². The molecule has 2 aromatic carbocycles. The van der Waals surface area contributed by atoms with Gasteiger partial charge in [-0.2, -0.15) is 24.9 Å². The van der Waals surface area contributed by atoms with E-state index in [1.807, 2.05) is 36.0 Å².